The van der Waals surface area contributed by atoms with Gasteiger partial charge < -0.3 is 0 Å². The van der Waals surface area contributed by atoms with Gasteiger partial charge in [0.05, 0.1) is 0 Å². The van der Waals surface area contributed by atoms with Crippen LogP contribution < -0.4 is 0 Å². The van der Waals surface area contributed by atoms with E-state index in [4.69, 9.17) is 0 Å². The molecule has 0 aromatic rings. The minimum absolute atomic E-state index is 0. The van der Waals surface area contributed by atoms with Gasteiger partial charge in [-0.3, -0.25) is 0 Å². The normalized spacial score (nSPS) is 7.85. The van der Waals surface area contributed by atoms with Crippen molar-refractivity contribution in [1.82, 2.24) is 0 Å². The molecule has 0 nitrogen and oxygen atoms in total. The standard InChI is InChI=1S/C10H22.3HI/c1-3-5-7-9-10-8-6-4-2;;;/h3-10H2,1-2H3;3*1H. The van der Waals surface area contributed by atoms with Gasteiger partial charge in [0.15, 0.2) is 0 Å². The van der Waals surface area contributed by atoms with Gasteiger partial charge in [0.2, 0.25) is 0 Å². The molecule has 0 aromatic carbocycles. The summed E-state index contributed by atoms with van der Waals surface area (Å²) in [5.74, 6) is 0. The first-order valence-electron chi connectivity index (χ1n) is 4.91. The van der Waals surface area contributed by atoms with Crippen LogP contribution in [-0.4, -0.2) is 0 Å². The zero-order valence-electron chi connectivity index (χ0n) is 8.88. The minimum atomic E-state index is 0. The Morgan fingerprint density at radius 2 is 0.692 bits per heavy atom. The van der Waals surface area contributed by atoms with Crippen LogP contribution in [0.3, 0.4) is 0 Å². The Morgan fingerprint density at radius 1 is 0.462 bits per heavy atom. The van der Waals surface area contributed by atoms with Crippen molar-refractivity contribution in [1.29, 1.82) is 0 Å². The zero-order chi connectivity index (χ0) is 7.66. The molecule has 0 spiro atoms. The number of unbranched alkanes of at least 4 members (excludes halogenated alkanes) is 7. The fraction of sp³-hybridized carbons (Fsp3) is 1.00. The second kappa shape index (κ2) is 23.8. The number of hydrogen-bond acceptors (Lipinski definition) is 0. The van der Waals surface area contributed by atoms with Crippen LogP contribution in [0, 0.1) is 0 Å². The highest BCUT2D eigenvalue weighted by Crippen LogP contribution is 2.07. The molecule has 13 heavy (non-hydrogen) atoms. The molecule has 0 unspecified atom stereocenters. The predicted octanol–water partition coefficient (Wildman–Crippen LogP) is 6.00. The molecule has 0 rings (SSSR count). The van der Waals surface area contributed by atoms with Crippen LogP contribution in [0.1, 0.15) is 65.2 Å². The monoisotopic (exact) mass is 526 g/mol. The third-order valence-corrected chi connectivity index (χ3v) is 1.96. The van der Waals surface area contributed by atoms with E-state index >= 15 is 0 Å². The topological polar surface area (TPSA) is 0 Å². The van der Waals surface area contributed by atoms with Crippen molar-refractivity contribution in [2.45, 2.75) is 65.2 Å². The quantitative estimate of drug-likeness (QED) is 0.282. The highest BCUT2D eigenvalue weighted by atomic mass is 127. The molecule has 86 valence electrons. The van der Waals surface area contributed by atoms with Gasteiger partial charge in [0.1, 0.15) is 0 Å². The van der Waals surface area contributed by atoms with Gasteiger partial charge in [-0.1, -0.05) is 65.2 Å². The van der Waals surface area contributed by atoms with E-state index in [1.165, 1.54) is 51.4 Å². The molecule has 0 aliphatic rings. The van der Waals surface area contributed by atoms with E-state index in [0.29, 0.717) is 0 Å². The Bertz CT molecular complexity index is 50.1. The van der Waals surface area contributed by atoms with Gasteiger partial charge in [-0.25, -0.2) is 0 Å². The van der Waals surface area contributed by atoms with Gasteiger partial charge in [0, 0.05) is 0 Å². The fourth-order valence-electron chi connectivity index (χ4n) is 1.21. The first-order valence-corrected chi connectivity index (χ1v) is 4.91. The summed E-state index contributed by atoms with van der Waals surface area (Å²) in [4.78, 5) is 0. The average molecular weight is 526 g/mol. The fourth-order valence-corrected chi connectivity index (χ4v) is 1.21. The number of hydrogen-bond donors (Lipinski definition) is 0. The SMILES string of the molecule is CCCCCCCCCC.I.I.I. The van der Waals surface area contributed by atoms with Gasteiger partial charge in [-0.2, -0.15) is 0 Å². The first-order chi connectivity index (χ1) is 4.91. The summed E-state index contributed by atoms with van der Waals surface area (Å²) in [7, 11) is 0. The van der Waals surface area contributed by atoms with Crippen LogP contribution >= 0.6 is 71.9 Å². The second-order valence-corrected chi connectivity index (χ2v) is 3.12. The number of halogens is 3. The van der Waals surface area contributed by atoms with E-state index in [2.05, 4.69) is 13.8 Å². The highest BCUT2D eigenvalue weighted by Gasteiger charge is 1.87. The Kier molecular flexibility index (Phi) is 44.7. The predicted molar refractivity (Wildman–Crippen MR) is 94.5 cm³/mol. The van der Waals surface area contributed by atoms with E-state index < -0.39 is 0 Å². The summed E-state index contributed by atoms with van der Waals surface area (Å²) in [6, 6.07) is 0. The molecule has 0 aromatic heterocycles. The Hall–Kier alpha value is 2.19. The van der Waals surface area contributed by atoms with Gasteiger partial charge in [-0.05, 0) is 0 Å². The van der Waals surface area contributed by atoms with Gasteiger partial charge in [0.25, 0.3) is 0 Å². The van der Waals surface area contributed by atoms with E-state index in [1.807, 2.05) is 0 Å². The molecule has 0 amide bonds. The van der Waals surface area contributed by atoms with Crippen molar-refractivity contribution in [2.75, 3.05) is 0 Å². The van der Waals surface area contributed by atoms with Crippen LogP contribution in [0.4, 0.5) is 0 Å². The lowest BCUT2D eigenvalue weighted by atomic mass is 10.1. The largest absolute Gasteiger partial charge is 0.107 e. The Balaban J connectivity index is -0.000000135. The maximum atomic E-state index is 2.27. The van der Waals surface area contributed by atoms with Gasteiger partial charge in [-0.15, -0.1) is 71.9 Å². The highest BCUT2D eigenvalue weighted by molar-refractivity contribution is 14.0. The summed E-state index contributed by atoms with van der Waals surface area (Å²) < 4.78 is 0. The van der Waals surface area contributed by atoms with Crippen molar-refractivity contribution in [3.8, 4) is 0 Å². The molecule has 0 fully saturated rings. The van der Waals surface area contributed by atoms with E-state index in [0.717, 1.165) is 0 Å². The third-order valence-electron chi connectivity index (χ3n) is 1.96. The summed E-state index contributed by atoms with van der Waals surface area (Å²) in [6.07, 6.45) is 11.5. The smallest absolute Gasteiger partial charge is 0.0533 e. The lowest BCUT2D eigenvalue weighted by molar-refractivity contribution is 0.585. The molecule has 0 aliphatic heterocycles. The lowest BCUT2D eigenvalue weighted by Crippen LogP contribution is -1.77. The molecule has 0 saturated carbocycles. The van der Waals surface area contributed by atoms with Crippen LogP contribution in [0.15, 0.2) is 0 Å². The number of rotatable bonds is 7. The molecule has 0 bridgehead atoms. The maximum Gasteiger partial charge on any atom is -0.0533 e. The van der Waals surface area contributed by atoms with Crippen molar-refractivity contribution in [3.63, 3.8) is 0 Å². The summed E-state index contributed by atoms with van der Waals surface area (Å²) in [5.41, 5.74) is 0. The van der Waals surface area contributed by atoms with E-state index in [-0.39, 0.29) is 71.9 Å². The Morgan fingerprint density at radius 3 is 0.923 bits per heavy atom. The van der Waals surface area contributed by atoms with Crippen LogP contribution in [-0.2, 0) is 0 Å². The van der Waals surface area contributed by atoms with Gasteiger partial charge >= 0.3 is 0 Å². The zero-order valence-corrected chi connectivity index (χ0v) is 15.9. The molecule has 0 atom stereocenters. The maximum absolute atomic E-state index is 2.27. The molecular weight excluding hydrogens is 501 g/mol. The molecule has 0 heterocycles. The first kappa shape index (κ1) is 24.4. The molecule has 0 N–H and O–H groups in total. The molecule has 3 heteroatoms. The summed E-state index contributed by atoms with van der Waals surface area (Å²) >= 11 is 0. The Labute approximate surface area is 135 Å². The minimum Gasteiger partial charge on any atom is -0.107 e. The van der Waals surface area contributed by atoms with E-state index in [1.54, 1.807) is 0 Å². The molecular formula is C10H25I3. The van der Waals surface area contributed by atoms with Crippen molar-refractivity contribution in [3.05, 3.63) is 0 Å². The van der Waals surface area contributed by atoms with Crippen molar-refractivity contribution < 1.29 is 0 Å². The molecule has 0 radical (unpaired) electrons. The van der Waals surface area contributed by atoms with Crippen LogP contribution in [0.25, 0.3) is 0 Å². The lowest BCUT2D eigenvalue weighted by Gasteiger charge is -1.97. The summed E-state index contributed by atoms with van der Waals surface area (Å²) in [6.45, 7) is 4.54. The second-order valence-electron chi connectivity index (χ2n) is 3.12. The van der Waals surface area contributed by atoms with Crippen molar-refractivity contribution in [2.24, 2.45) is 0 Å². The van der Waals surface area contributed by atoms with E-state index in [9.17, 15) is 0 Å². The van der Waals surface area contributed by atoms with Crippen LogP contribution in [0.2, 0.25) is 0 Å². The van der Waals surface area contributed by atoms with Crippen LogP contribution in [0.5, 0.6) is 0 Å². The molecule has 0 aliphatic carbocycles. The molecule has 0 saturated heterocycles. The average Bonchev–Trinajstić information content (AvgIpc) is 1.97. The third kappa shape index (κ3) is 25.0. The summed E-state index contributed by atoms with van der Waals surface area (Å²) in [5, 5.41) is 0. The van der Waals surface area contributed by atoms with Crippen molar-refractivity contribution >= 4 is 71.9 Å².